The third-order valence-electron chi connectivity index (χ3n) is 3.15. The molecule has 0 unspecified atom stereocenters. The molecule has 2 fully saturated rings. The third kappa shape index (κ3) is 0.722. The van der Waals surface area contributed by atoms with Gasteiger partial charge in [0.25, 0.3) is 0 Å². The lowest BCUT2D eigenvalue weighted by Gasteiger charge is -2.23. The fourth-order valence-electron chi connectivity index (χ4n) is 2.18. The average molecular weight is 141 g/mol. The van der Waals surface area contributed by atoms with Gasteiger partial charge in [0.2, 0.25) is 0 Å². The first kappa shape index (κ1) is 6.62. The molecule has 0 aromatic heterocycles. The van der Waals surface area contributed by atoms with Crippen LogP contribution in [0.25, 0.3) is 0 Å². The van der Waals surface area contributed by atoms with E-state index in [1.165, 1.54) is 19.5 Å². The summed E-state index contributed by atoms with van der Waals surface area (Å²) in [6.07, 6.45) is 1.27. The first-order chi connectivity index (χ1) is 4.87. The smallest absolute Gasteiger partial charge is 0.0538 e. The highest BCUT2D eigenvalue weighted by molar-refractivity contribution is 4.97. The van der Waals surface area contributed by atoms with E-state index in [9.17, 15) is 0 Å². The van der Waals surface area contributed by atoms with Crippen LogP contribution in [0, 0.1) is 11.3 Å². The van der Waals surface area contributed by atoms with Crippen LogP contribution in [0.15, 0.2) is 0 Å². The zero-order valence-electron chi connectivity index (χ0n) is 6.52. The van der Waals surface area contributed by atoms with Crippen LogP contribution in [0.2, 0.25) is 0 Å². The van der Waals surface area contributed by atoms with E-state index < -0.39 is 0 Å². The van der Waals surface area contributed by atoms with Crippen LogP contribution < -0.4 is 5.32 Å². The van der Waals surface area contributed by atoms with Crippen molar-refractivity contribution < 1.29 is 4.74 Å². The highest BCUT2D eigenvalue weighted by Gasteiger charge is 2.45. The van der Waals surface area contributed by atoms with Crippen LogP contribution in [-0.2, 0) is 4.74 Å². The fraction of sp³-hybridized carbons (Fsp3) is 1.00. The molecule has 10 heavy (non-hydrogen) atoms. The van der Waals surface area contributed by atoms with E-state index in [0.29, 0.717) is 5.41 Å². The van der Waals surface area contributed by atoms with Crippen LogP contribution in [0.1, 0.15) is 13.3 Å². The van der Waals surface area contributed by atoms with Crippen molar-refractivity contribution >= 4 is 0 Å². The molecule has 0 spiro atoms. The van der Waals surface area contributed by atoms with Crippen molar-refractivity contribution in [3.8, 4) is 0 Å². The van der Waals surface area contributed by atoms with Gasteiger partial charge >= 0.3 is 0 Å². The predicted molar refractivity (Wildman–Crippen MR) is 39.9 cm³/mol. The Morgan fingerprint density at radius 1 is 1.70 bits per heavy atom. The molecule has 0 aromatic rings. The van der Waals surface area contributed by atoms with Gasteiger partial charge < -0.3 is 10.1 Å². The van der Waals surface area contributed by atoms with Gasteiger partial charge in [-0.3, -0.25) is 0 Å². The molecule has 0 radical (unpaired) electrons. The molecule has 0 saturated carbocycles. The van der Waals surface area contributed by atoms with Gasteiger partial charge in [-0.05, 0) is 6.42 Å². The van der Waals surface area contributed by atoms with Crippen LogP contribution in [0.3, 0.4) is 0 Å². The standard InChI is InChI=1S/C8H15NO/c1-2-8-5-9-3-7(8)4-10-6-8/h7,9H,2-6H2,1H3/t7-,8+/m0/s1. The van der Waals surface area contributed by atoms with Gasteiger partial charge in [-0.15, -0.1) is 0 Å². The monoisotopic (exact) mass is 141 g/mol. The molecule has 0 aromatic carbocycles. The average Bonchev–Trinajstić information content (AvgIpc) is 2.42. The van der Waals surface area contributed by atoms with Crippen molar-refractivity contribution in [2.24, 2.45) is 11.3 Å². The number of nitrogens with one attached hydrogen (secondary N) is 1. The molecule has 2 rings (SSSR count). The number of hydrogen-bond acceptors (Lipinski definition) is 2. The van der Waals surface area contributed by atoms with E-state index in [1.807, 2.05) is 0 Å². The molecule has 1 N–H and O–H groups in total. The lowest BCUT2D eigenvalue weighted by molar-refractivity contribution is 0.150. The maximum Gasteiger partial charge on any atom is 0.0538 e. The van der Waals surface area contributed by atoms with Gasteiger partial charge in [0.15, 0.2) is 0 Å². The Labute approximate surface area is 61.9 Å². The first-order valence-corrected chi connectivity index (χ1v) is 4.16. The van der Waals surface area contributed by atoms with Crippen LogP contribution in [0.5, 0.6) is 0 Å². The number of fused-ring (bicyclic) bond motifs is 1. The molecule has 0 aliphatic carbocycles. The van der Waals surface area contributed by atoms with E-state index in [1.54, 1.807) is 0 Å². The summed E-state index contributed by atoms with van der Waals surface area (Å²) in [7, 11) is 0. The van der Waals surface area contributed by atoms with Crippen molar-refractivity contribution in [3.05, 3.63) is 0 Å². The second-order valence-corrected chi connectivity index (χ2v) is 3.56. The Hall–Kier alpha value is -0.0800. The van der Waals surface area contributed by atoms with Crippen molar-refractivity contribution in [2.75, 3.05) is 26.3 Å². The Morgan fingerprint density at radius 2 is 2.60 bits per heavy atom. The van der Waals surface area contributed by atoms with Crippen molar-refractivity contribution in [2.45, 2.75) is 13.3 Å². The minimum Gasteiger partial charge on any atom is -0.380 e. The van der Waals surface area contributed by atoms with Crippen molar-refractivity contribution in [3.63, 3.8) is 0 Å². The summed E-state index contributed by atoms with van der Waals surface area (Å²) in [5.74, 6) is 0.803. The molecule has 2 aliphatic heterocycles. The van der Waals surface area contributed by atoms with Gasteiger partial charge in [-0.2, -0.15) is 0 Å². The summed E-state index contributed by atoms with van der Waals surface area (Å²) in [6, 6.07) is 0. The van der Waals surface area contributed by atoms with Crippen LogP contribution >= 0.6 is 0 Å². The number of hydrogen-bond donors (Lipinski definition) is 1. The van der Waals surface area contributed by atoms with Gasteiger partial charge in [0.05, 0.1) is 13.2 Å². The number of ether oxygens (including phenoxy) is 1. The highest BCUT2D eigenvalue weighted by Crippen LogP contribution is 2.39. The SMILES string of the molecule is CC[C@]12CNC[C@H]1COC2. The summed E-state index contributed by atoms with van der Waals surface area (Å²) in [6.45, 7) is 6.60. The minimum absolute atomic E-state index is 0.514. The molecular weight excluding hydrogens is 126 g/mol. The lowest BCUT2D eigenvalue weighted by Crippen LogP contribution is -2.28. The summed E-state index contributed by atoms with van der Waals surface area (Å²) in [5, 5.41) is 3.44. The maximum absolute atomic E-state index is 5.47. The van der Waals surface area contributed by atoms with Crippen molar-refractivity contribution in [1.29, 1.82) is 0 Å². The van der Waals surface area contributed by atoms with E-state index in [2.05, 4.69) is 12.2 Å². The zero-order chi connectivity index (χ0) is 7.03. The van der Waals surface area contributed by atoms with Crippen molar-refractivity contribution in [1.82, 2.24) is 5.32 Å². The Kier molecular flexibility index (Phi) is 1.46. The van der Waals surface area contributed by atoms with E-state index >= 15 is 0 Å². The summed E-state index contributed by atoms with van der Waals surface area (Å²) in [5.41, 5.74) is 0.514. The quantitative estimate of drug-likeness (QED) is 0.578. The maximum atomic E-state index is 5.47. The Balaban J connectivity index is 2.15. The molecule has 0 amide bonds. The summed E-state index contributed by atoms with van der Waals surface area (Å²) in [4.78, 5) is 0. The largest absolute Gasteiger partial charge is 0.380 e. The minimum atomic E-state index is 0.514. The van der Waals surface area contributed by atoms with Gasteiger partial charge in [-0.1, -0.05) is 6.92 Å². The highest BCUT2D eigenvalue weighted by atomic mass is 16.5. The second-order valence-electron chi connectivity index (χ2n) is 3.56. The lowest BCUT2D eigenvalue weighted by atomic mass is 9.79. The third-order valence-corrected chi connectivity index (χ3v) is 3.15. The fourth-order valence-corrected chi connectivity index (χ4v) is 2.18. The normalized spacial score (nSPS) is 45.9. The molecule has 2 nitrogen and oxygen atoms in total. The first-order valence-electron chi connectivity index (χ1n) is 4.16. The molecule has 2 aliphatic rings. The predicted octanol–water partition coefficient (Wildman–Crippen LogP) is 0.632. The zero-order valence-corrected chi connectivity index (χ0v) is 6.52. The van der Waals surface area contributed by atoms with E-state index in [0.717, 1.165) is 19.1 Å². The second kappa shape index (κ2) is 2.21. The van der Waals surface area contributed by atoms with Crippen LogP contribution in [-0.4, -0.2) is 26.3 Å². The molecule has 2 saturated heterocycles. The van der Waals surface area contributed by atoms with Gasteiger partial charge in [0.1, 0.15) is 0 Å². The number of rotatable bonds is 1. The van der Waals surface area contributed by atoms with Gasteiger partial charge in [-0.25, -0.2) is 0 Å². The molecular formula is C8H15NO. The molecule has 0 bridgehead atoms. The summed E-state index contributed by atoms with van der Waals surface area (Å²) >= 11 is 0. The topological polar surface area (TPSA) is 21.3 Å². The van der Waals surface area contributed by atoms with E-state index in [4.69, 9.17) is 4.74 Å². The Bertz CT molecular complexity index is 125. The molecule has 2 heteroatoms. The van der Waals surface area contributed by atoms with Gasteiger partial charge in [0, 0.05) is 24.4 Å². The van der Waals surface area contributed by atoms with E-state index in [-0.39, 0.29) is 0 Å². The molecule has 58 valence electrons. The Morgan fingerprint density at radius 3 is 3.30 bits per heavy atom. The van der Waals surface area contributed by atoms with Crippen LogP contribution in [0.4, 0.5) is 0 Å². The summed E-state index contributed by atoms with van der Waals surface area (Å²) < 4.78 is 5.47. The molecule has 2 atom stereocenters. The molecule has 2 heterocycles.